The minimum Gasteiger partial charge on any atom is -0.497 e. The topological polar surface area (TPSA) is 35.5 Å². The van der Waals surface area contributed by atoms with Crippen LogP contribution in [0, 0.1) is 0 Å². The predicted octanol–water partition coefficient (Wildman–Crippen LogP) is 2.40. The maximum atomic E-state index is 11.5. The number of carbonyl (C=O) groups is 1. The van der Waals surface area contributed by atoms with Crippen molar-refractivity contribution in [3.8, 4) is 5.75 Å². The van der Waals surface area contributed by atoms with Gasteiger partial charge in [-0.1, -0.05) is 41.7 Å². The average Bonchev–Trinajstić information content (AvgIpc) is 2.60. The van der Waals surface area contributed by atoms with Crippen molar-refractivity contribution in [1.29, 1.82) is 0 Å². The molecule has 3 nitrogen and oxygen atoms in total. The summed E-state index contributed by atoms with van der Waals surface area (Å²) < 4.78 is 9.95. The minimum atomic E-state index is -2.02. The molecule has 0 amide bonds. The first-order valence-electron chi connectivity index (χ1n) is 7.02. The van der Waals surface area contributed by atoms with Crippen LogP contribution in [-0.4, -0.2) is 28.3 Å². The lowest BCUT2D eigenvalue weighted by atomic mass is 10.2. The molecule has 0 bridgehead atoms. The Kier molecular flexibility index (Phi) is 4.83. The maximum absolute atomic E-state index is 11.5. The molecule has 0 aliphatic carbocycles. The quantitative estimate of drug-likeness (QED) is 0.628. The van der Waals surface area contributed by atoms with Crippen LogP contribution in [0.1, 0.15) is 10.4 Å². The van der Waals surface area contributed by atoms with Gasteiger partial charge in [0, 0.05) is 0 Å². The summed E-state index contributed by atoms with van der Waals surface area (Å²) in [6.45, 7) is 6.27. The lowest BCUT2D eigenvalue weighted by Crippen LogP contribution is -2.54. The molecule has 0 radical (unpaired) electrons. The van der Waals surface area contributed by atoms with E-state index in [4.69, 9.17) is 9.47 Å². The molecular weight excluding hydrogens is 292 g/mol. The molecule has 22 heavy (non-hydrogen) atoms. The molecule has 1 unspecified atom stereocenters. The van der Waals surface area contributed by atoms with Crippen molar-refractivity contribution in [2.24, 2.45) is 0 Å². The Bertz CT molecular complexity index is 662. The highest BCUT2D eigenvalue weighted by molar-refractivity contribution is 7.05. The van der Waals surface area contributed by atoms with Crippen molar-refractivity contribution in [1.82, 2.24) is 0 Å². The van der Waals surface area contributed by atoms with Gasteiger partial charge in [0.1, 0.15) is 13.8 Å². The number of ether oxygens (including phenoxy) is 2. The van der Waals surface area contributed by atoms with Gasteiger partial charge in [-0.15, -0.1) is 6.58 Å². The Morgan fingerprint density at radius 2 is 1.50 bits per heavy atom. The minimum absolute atomic E-state index is 0.321. The smallest absolute Gasteiger partial charge is 0.337 e. The molecule has 0 spiro atoms. The molecule has 114 valence electrons. The van der Waals surface area contributed by atoms with Crippen LogP contribution in [0.3, 0.4) is 0 Å². The molecule has 0 saturated carbocycles. The summed E-state index contributed by atoms with van der Waals surface area (Å²) in [6, 6.07) is 15.7. The van der Waals surface area contributed by atoms with Crippen LogP contribution >= 0.6 is 0 Å². The summed E-state index contributed by atoms with van der Waals surface area (Å²) in [5, 5.41) is 2.44. The Morgan fingerprint density at radius 1 is 1.00 bits per heavy atom. The third-order valence-electron chi connectivity index (χ3n) is 4.00. The van der Waals surface area contributed by atoms with E-state index in [-0.39, 0.29) is 5.97 Å². The van der Waals surface area contributed by atoms with Gasteiger partial charge in [0.15, 0.2) is 0 Å². The number of rotatable bonds is 5. The number of hydrogen-bond acceptors (Lipinski definition) is 3. The van der Waals surface area contributed by atoms with E-state index in [2.05, 4.69) is 25.3 Å². The van der Waals surface area contributed by atoms with Crippen LogP contribution in [0.4, 0.5) is 0 Å². The molecule has 0 saturated heterocycles. The second kappa shape index (κ2) is 6.62. The summed E-state index contributed by atoms with van der Waals surface area (Å²) in [5.41, 5.74) is 2.60. The maximum Gasteiger partial charge on any atom is 0.337 e. The third kappa shape index (κ3) is 2.97. The average molecular weight is 312 g/mol. The summed E-state index contributed by atoms with van der Waals surface area (Å²) in [7, 11) is 1.02. The van der Waals surface area contributed by atoms with E-state index in [0.717, 1.165) is 5.75 Å². The van der Waals surface area contributed by atoms with E-state index in [0.29, 0.717) is 5.56 Å². The molecule has 0 aliphatic rings. The lowest BCUT2D eigenvalue weighted by molar-refractivity contribution is 0.0601. The van der Waals surface area contributed by atoms with Gasteiger partial charge < -0.3 is 9.47 Å². The van der Waals surface area contributed by atoms with Gasteiger partial charge in [0.25, 0.3) is 0 Å². The van der Waals surface area contributed by atoms with Gasteiger partial charge in [0.05, 0.1) is 19.8 Å². The zero-order valence-corrected chi connectivity index (χ0v) is 14.1. The lowest BCUT2D eigenvalue weighted by Gasteiger charge is -2.25. The molecule has 0 aromatic heterocycles. The monoisotopic (exact) mass is 312 g/mol. The van der Waals surface area contributed by atoms with Crippen molar-refractivity contribution in [2.75, 3.05) is 14.2 Å². The zero-order chi connectivity index (χ0) is 16.2. The second-order valence-electron chi connectivity index (χ2n) is 5.20. The van der Waals surface area contributed by atoms with E-state index >= 15 is 0 Å². The Labute approximate surface area is 132 Å². The van der Waals surface area contributed by atoms with Gasteiger partial charge in [0.2, 0.25) is 0 Å². The van der Waals surface area contributed by atoms with Gasteiger partial charge in [-0.25, -0.2) is 4.79 Å². The first-order chi connectivity index (χ1) is 10.5. The van der Waals surface area contributed by atoms with Gasteiger partial charge >= 0.3 is 5.97 Å². The highest BCUT2D eigenvalue weighted by atomic mass is 28.3. The van der Waals surface area contributed by atoms with Crippen LogP contribution < -0.4 is 15.1 Å². The number of hydrogen-bond donors (Lipinski definition) is 0. The van der Waals surface area contributed by atoms with E-state index in [9.17, 15) is 4.79 Å². The number of carbonyl (C=O) groups excluding carboxylic acids is 1. The van der Waals surface area contributed by atoms with Crippen LogP contribution in [0.15, 0.2) is 60.8 Å². The summed E-state index contributed by atoms with van der Waals surface area (Å²) in [6.07, 6.45) is 0. The first kappa shape index (κ1) is 16.0. The largest absolute Gasteiger partial charge is 0.497 e. The van der Waals surface area contributed by atoms with Crippen molar-refractivity contribution in [3.05, 3.63) is 66.4 Å². The van der Waals surface area contributed by atoms with E-state index in [1.165, 1.54) is 17.5 Å². The molecule has 0 aliphatic heterocycles. The molecule has 2 aromatic rings. The molecule has 0 fully saturated rings. The predicted molar refractivity (Wildman–Crippen MR) is 91.9 cm³/mol. The van der Waals surface area contributed by atoms with Crippen LogP contribution in [0.5, 0.6) is 5.75 Å². The van der Waals surface area contributed by atoms with Gasteiger partial charge in [-0.05, 0) is 29.5 Å². The summed E-state index contributed by atoms with van der Waals surface area (Å²) >= 11 is 0. The number of esters is 1. The van der Waals surface area contributed by atoms with Crippen molar-refractivity contribution < 1.29 is 14.3 Å². The summed E-state index contributed by atoms with van der Waals surface area (Å²) in [5.74, 6) is 0.517. The summed E-state index contributed by atoms with van der Waals surface area (Å²) in [4.78, 5) is 11.5. The fourth-order valence-corrected chi connectivity index (χ4v) is 4.93. The van der Waals surface area contributed by atoms with Crippen LogP contribution in [0.2, 0.25) is 6.55 Å². The molecule has 4 heteroatoms. The molecule has 2 rings (SSSR count). The van der Waals surface area contributed by atoms with Gasteiger partial charge in [-0.2, -0.15) is 0 Å². The SMILES string of the molecule is C=C[Si](C)(c1ccc(OC)cc1)c1ccc(C(=O)OC)cc1. The van der Waals surface area contributed by atoms with Crippen LogP contribution in [0.25, 0.3) is 0 Å². The molecule has 2 aromatic carbocycles. The highest BCUT2D eigenvalue weighted by Gasteiger charge is 2.28. The standard InChI is InChI=1S/C18H20O3Si/c1-5-22(4,17-12-8-15(20-2)9-13-17)16-10-6-14(7-11-16)18(19)21-3/h5-13H,1H2,2-4H3. The highest BCUT2D eigenvalue weighted by Crippen LogP contribution is 2.12. The number of benzene rings is 2. The van der Waals surface area contributed by atoms with Crippen molar-refractivity contribution in [3.63, 3.8) is 0 Å². The third-order valence-corrected chi connectivity index (χ3v) is 7.89. The van der Waals surface area contributed by atoms with E-state index in [1.54, 1.807) is 19.2 Å². The van der Waals surface area contributed by atoms with E-state index < -0.39 is 8.07 Å². The van der Waals surface area contributed by atoms with E-state index in [1.807, 2.05) is 30.0 Å². The molecule has 0 N–H and O–H groups in total. The molecule has 1 atom stereocenters. The Hall–Kier alpha value is -2.33. The fourth-order valence-electron chi connectivity index (χ4n) is 2.41. The molecular formula is C18H20O3Si. The Morgan fingerprint density at radius 3 is 1.91 bits per heavy atom. The first-order valence-corrected chi connectivity index (χ1v) is 9.60. The normalized spacial score (nSPS) is 13.0. The van der Waals surface area contributed by atoms with Crippen molar-refractivity contribution in [2.45, 2.75) is 6.55 Å². The molecule has 0 heterocycles. The fraction of sp³-hybridized carbons (Fsp3) is 0.167. The number of methoxy groups -OCH3 is 2. The second-order valence-corrected chi connectivity index (χ2v) is 9.17. The van der Waals surface area contributed by atoms with Crippen molar-refractivity contribution >= 4 is 24.4 Å². The zero-order valence-electron chi connectivity index (χ0n) is 13.1. The van der Waals surface area contributed by atoms with Gasteiger partial charge in [-0.3, -0.25) is 0 Å². The van der Waals surface area contributed by atoms with Crippen LogP contribution in [-0.2, 0) is 4.74 Å². The Balaban J connectivity index is 2.40.